The highest BCUT2D eigenvalue weighted by Gasteiger charge is 2.29. The van der Waals surface area contributed by atoms with Gasteiger partial charge in [-0.3, -0.25) is 14.9 Å². The number of non-ortho nitro benzene ring substituents is 1. The van der Waals surface area contributed by atoms with Crippen molar-refractivity contribution in [2.75, 3.05) is 11.4 Å². The molecule has 2 aromatic rings. The summed E-state index contributed by atoms with van der Waals surface area (Å²) in [5.74, 6) is 0.396. The Kier molecular flexibility index (Phi) is 3.97. The Morgan fingerprint density at radius 1 is 1.30 bits per heavy atom. The number of hydrogen-bond acceptors (Lipinski definition) is 4. The molecule has 0 fully saturated rings. The number of anilines is 1. The summed E-state index contributed by atoms with van der Waals surface area (Å²) < 4.78 is 5.86. The van der Waals surface area contributed by atoms with Crippen LogP contribution in [0.5, 0.6) is 5.75 Å². The van der Waals surface area contributed by atoms with Gasteiger partial charge in [-0.25, -0.2) is 0 Å². The van der Waals surface area contributed by atoms with Gasteiger partial charge in [-0.15, -0.1) is 0 Å². The molecule has 1 amide bonds. The highest BCUT2D eigenvalue weighted by molar-refractivity contribution is 6.07. The van der Waals surface area contributed by atoms with E-state index >= 15 is 0 Å². The molecule has 0 saturated heterocycles. The van der Waals surface area contributed by atoms with Gasteiger partial charge in [0.1, 0.15) is 11.9 Å². The molecule has 0 radical (unpaired) electrons. The van der Waals surface area contributed by atoms with E-state index in [1.807, 2.05) is 31.2 Å². The van der Waals surface area contributed by atoms with Gasteiger partial charge in [0.05, 0.1) is 17.2 Å². The van der Waals surface area contributed by atoms with E-state index in [-0.39, 0.29) is 17.7 Å². The lowest BCUT2D eigenvalue weighted by Crippen LogP contribution is -2.43. The summed E-state index contributed by atoms with van der Waals surface area (Å²) in [4.78, 5) is 24.9. The average Bonchev–Trinajstić information content (AvgIpc) is 2.60. The topological polar surface area (TPSA) is 72.7 Å². The predicted octanol–water partition coefficient (Wildman–Crippen LogP) is 3.41. The van der Waals surface area contributed by atoms with Crippen molar-refractivity contribution < 1.29 is 14.5 Å². The number of hydrogen-bond donors (Lipinski definition) is 0. The zero-order valence-electron chi connectivity index (χ0n) is 12.6. The molecule has 118 valence electrons. The molecule has 0 bridgehead atoms. The monoisotopic (exact) mass is 312 g/mol. The summed E-state index contributed by atoms with van der Waals surface area (Å²) in [5.41, 5.74) is 0.892. The number of benzene rings is 2. The first-order chi connectivity index (χ1) is 11.1. The van der Waals surface area contributed by atoms with Gasteiger partial charge in [-0.05, 0) is 24.6 Å². The van der Waals surface area contributed by atoms with Gasteiger partial charge in [0.25, 0.3) is 11.6 Å². The Bertz CT molecular complexity index is 760. The fourth-order valence-corrected chi connectivity index (χ4v) is 2.61. The Labute approximate surface area is 133 Å². The number of ether oxygens (including phenoxy) is 1. The molecule has 1 atom stereocenters. The quantitative estimate of drug-likeness (QED) is 0.643. The van der Waals surface area contributed by atoms with E-state index in [2.05, 4.69) is 0 Å². The SMILES string of the molecule is CCC1CN(C(=O)c2cccc([N+](=O)[O-])c2)c2ccccc2O1. The molecule has 0 aromatic heterocycles. The number of carbonyl (C=O) groups is 1. The number of amides is 1. The van der Waals surface area contributed by atoms with Crippen molar-refractivity contribution in [2.24, 2.45) is 0 Å². The molecular formula is C17H16N2O4. The van der Waals surface area contributed by atoms with Crippen molar-refractivity contribution in [3.8, 4) is 5.75 Å². The molecule has 3 rings (SSSR count). The molecule has 1 heterocycles. The first-order valence-corrected chi connectivity index (χ1v) is 7.42. The lowest BCUT2D eigenvalue weighted by Gasteiger charge is -2.34. The minimum Gasteiger partial charge on any atom is -0.486 e. The molecule has 0 N–H and O–H groups in total. The summed E-state index contributed by atoms with van der Waals surface area (Å²) in [7, 11) is 0. The van der Waals surface area contributed by atoms with Crippen LogP contribution in [-0.2, 0) is 0 Å². The molecule has 6 heteroatoms. The molecule has 0 aliphatic carbocycles. The summed E-state index contributed by atoms with van der Waals surface area (Å²) in [6, 6.07) is 13.1. The highest BCUT2D eigenvalue weighted by atomic mass is 16.6. The molecule has 1 aliphatic rings. The fraction of sp³-hybridized carbons (Fsp3) is 0.235. The number of nitro benzene ring substituents is 1. The zero-order chi connectivity index (χ0) is 16.4. The standard InChI is InChI=1S/C17H16N2O4/c1-2-14-11-18(15-8-3-4-9-16(15)23-14)17(20)12-6-5-7-13(10-12)19(21)22/h3-10,14H,2,11H2,1H3. The molecule has 1 unspecified atom stereocenters. The van der Waals surface area contributed by atoms with Gasteiger partial charge in [-0.1, -0.05) is 25.1 Å². The maximum Gasteiger partial charge on any atom is 0.270 e. The van der Waals surface area contributed by atoms with Gasteiger partial charge in [0.15, 0.2) is 0 Å². The Hall–Kier alpha value is -2.89. The van der Waals surface area contributed by atoms with Crippen LogP contribution in [0.4, 0.5) is 11.4 Å². The number of nitrogens with zero attached hydrogens (tertiary/aromatic N) is 2. The first-order valence-electron chi connectivity index (χ1n) is 7.42. The molecule has 2 aromatic carbocycles. The van der Waals surface area contributed by atoms with Crippen LogP contribution in [0.2, 0.25) is 0 Å². The molecule has 23 heavy (non-hydrogen) atoms. The van der Waals surface area contributed by atoms with Crippen molar-refractivity contribution >= 4 is 17.3 Å². The van der Waals surface area contributed by atoms with Crippen molar-refractivity contribution in [1.29, 1.82) is 0 Å². The summed E-state index contributed by atoms with van der Waals surface area (Å²) >= 11 is 0. The van der Waals surface area contributed by atoms with Crippen LogP contribution in [0.15, 0.2) is 48.5 Å². The fourth-order valence-electron chi connectivity index (χ4n) is 2.61. The normalized spacial score (nSPS) is 16.4. The average molecular weight is 312 g/mol. The Morgan fingerprint density at radius 3 is 2.83 bits per heavy atom. The second kappa shape index (κ2) is 6.08. The number of nitro groups is 1. The van der Waals surface area contributed by atoms with Gasteiger partial charge in [0.2, 0.25) is 0 Å². The lowest BCUT2D eigenvalue weighted by atomic mass is 10.1. The van der Waals surface area contributed by atoms with E-state index in [0.717, 1.165) is 6.42 Å². The maximum absolute atomic E-state index is 12.8. The van der Waals surface area contributed by atoms with Crippen LogP contribution in [0.3, 0.4) is 0 Å². The third kappa shape index (κ3) is 2.88. The van der Waals surface area contributed by atoms with Crippen molar-refractivity contribution in [3.05, 3.63) is 64.2 Å². The number of fused-ring (bicyclic) bond motifs is 1. The van der Waals surface area contributed by atoms with Gasteiger partial charge in [-0.2, -0.15) is 0 Å². The second-order valence-corrected chi connectivity index (χ2v) is 5.34. The summed E-state index contributed by atoms with van der Waals surface area (Å²) in [6.45, 7) is 2.42. The van der Waals surface area contributed by atoms with E-state index in [0.29, 0.717) is 23.5 Å². The molecule has 0 spiro atoms. The second-order valence-electron chi connectivity index (χ2n) is 5.34. The number of carbonyl (C=O) groups excluding carboxylic acids is 1. The van der Waals surface area contributed by atoms with Crippen LogP contribution in [0, 0.1) is 10.1 Å². The van der Waals surface area contributed by atoms with Crippen molar-refractivity contribution in [2.45, 2.75) is 19.4 Å². The van der Waals surface area contributed by atoms with E-state index in [1.165, 1.54) is 18.2 Å². The van der Waals surface area contributed by atoms with Gasteiger partial charge >= 0.3 is 0 Å². The molecule has 6 nitrogen and oxygen atoms in total. The van der Waals surface area contributed by atoms with E-state index in [4.69, 9.17) is 4.74 Å². The van der Waals surface area contributed by atoms with Crippen LogP contribution < -0.4 is 9.64 Å². The third-order valence-electron chi connectivity index (χ3n) is 3.84. The summed E-state index contributed by atoms with van der Waals surface area (Å²) in [5, 5.41) is 10.9. The first kappa shape index (κ1) is 15.0. The molecular weight excluding hydrogens is 296 g/mol. The summed E-state index contributed by atoms with van der Waals surface area (Å²) in [6.07, 6.45) is 0.681. The van der Waals surface area contributed by atoms with Crippen molar-refractivity contribution in [3.63, 3.8) is 0 Å². The van der Waals surface area contributed by atoms with E-state index in [9.17, 15) is 14.9 Å². The molecule has 1 aliphatic heterocycles. The van der Waals surface area contributed by atoms with E-state index in [1.54, 1.807) is 11.0 Å². The van der Waals surface area contributed by atoms with Crippen LogP contribution in [-0.4, -0.2) is 23.5 Å². The smallest absolute Gasteiger partial charge is 0.270 e. The Balaban J connectivity index is 1.98. The largest absolute Gasteiger partial charge is 0.486 e. The maximum atomic E-state index is 12.8. The van der Waals surface area contributed by atoms with Crippen LogP contribution in [0.25, 0.3) is 0 Å². The van der Waals surface area contributed by atoms with Crippen LogP contribution >= 0.6 is 0 Å². The number of para-hydroxylation sites is 2. The highest BCUT2D eigenvalue weighted by Crippen LogP contribution is 2.34. The van der Waals surface area contributed by atoms with Gasteiger partial charge in [0, 0.05) is 17.7 Å². The lowest BCUT2D eigenvalue weighted by molar-refractivity contribution is -0.384. The molecule has 0 saturated carbocycles. The van der Waals surface area contributed by atoms with E-state index < -0.39 is 4.92 Å². The Morgan fingerprint density at radius 2 is 2.09 bits per heavy atom. The minimum absolute atomic E-state index is 0.0902. The zero-order valence-corrected chi connectivity index (χ0v) is 12.6. The minimum atomic E-state index is -0.501. The predicted molar refractivity (Wildman–Crippen MR) is 85.9 cm³/mol. The third-order valence-corrected chi connectivity index (χ3v) is 3.84. The number of rotatable bonds is 3. The van der Waals surface area contributed by atoms with Crippen LogP contribution in [0.1, 0.15) is 23.7 Å². The van der Waals surface area contributed by atoms with Crippen molar-refractivity contribution in [1.82, 2.24) is 0 Å². The van der Waals surface area contributed by atoms with Gasteiger partial charge < -0.3 is 9.64 Å².